The minimum Gasteiger partial charge on any atom is -0.493 e. The maximum atomic E-state index is 12.7. The van der Waals surface area contributed by atoms with Crippen molar-refractivity contribution in [1.29, 1.82) is 0 Å². The second-order valence-corrected chi connectivity index (χ2v) is 4.42. The number of amides is 1. The molecule has 20 heavy (non-hydrogen) atoms. The summed E-state index contributed by atoms with van der Waals surface area (Å²) in [5.41, 5.74) is 1.82. The minimum atomic E-state index is -0.311. The van der Waals surface area contributed by atoms with Gasteiger partial charge in [-0.3, -0.25) is 4.79 Å². The number of para-hydroxylation sites is 1. The van der Waals surface area contributed by atoms with Crippen LogP contribution in [0.3, 0.4) is 0 Å². The molecule has 0 aliphatic heterocycles. The van der Waals surface area contributed by atoms with E-state index in [9.17, 15) is 9.18 Å². The van der Waals surface area contributed by atoms with Gasteiger partial charge >= 0.3 is 0 Å². The number of hydrogen-bond acceptors (Lipinski definition) is 2. The molecule has 0 unspecified atom stereocenters. The van der Waals surface area contributed by atoms with E-state index < -0.39 is 0 Å². The fraction of sp³-hybridized carbons (Fsp3) is 0.188. The van der Waals surface area contributed by atoms with Crippen molar-refractivity contribution in [2.24, 2.45) is 0 Å². The lowest BCUT2D eigenvalue weighted by Crippen LogP contribution is -2.15. The molecule has 1 amide bonds. The Morgan fingerprint density at radius 1 is 1.15 bits per heavy atom. The summed E-state index contributed by atoms with van der Waals surface area (Å²) in [7, 11) is 0. The van der Waals surface area contributed by atoms with Crippen molar-refractivity contribution in [3.63, 3.8) is 0 Å². The van der Waals surface area contributed by atoms with Gasteiger partial charge in [0.15, 0.2) is 0 Å². The molecule has 0 aliphatic rings. The Bertz CT molecular complexity index is 581. The van der Waals surface area contributed by atoms with Crippen LogP contribution in [-0.2, 0) is 4.79 Å². The zero-order chi connectivity index (χ0) is 14.4. The Morgan fingerprint density at radius 3 is 2.55 bits per heavy atom. The van der Waals surface area contributed by atoms with E-state index in [2.05, 4.69) is 5.32 Å². The number of hydrogen-bond donors (Lipinski definition) is 1. The van der Waals surface area contributed by atoms with Crippen molar-refractivity contribution >= 4 is 11.6 Å². The van der Waals surface area contributed by atoms with Crippen LogP contribution >= 0.6 is 0 Å². The first-order valence-corrected chi connectivity index (χ1v) is 6.39. The number of anilines is 1. The molecule has 0 aliphatic carbocycles. The maximum Gasteiger partial charge on any atom is 0.227 e. The smallest absolute Gasteiger partial charge is 0.227 e. The number of carbonyl (C=O) groups is 1. The predicted molar refractivity (Wildman–Crippen MR) is 76.3 cm³/mol. The molecular formula is C16H16FNO2. The number of nitrogens with one attached hydrogen (secondary N) is 1. The lowest BCUT2D eigenvalue weighted by molar-refractivity contribution is -0.116. The van der Waals surface area contributed by atoms with Crippen LogP contribution in [0.2, 0.25) is 0 Å². The van der Waals surface area contributed by atoms with Gasteiger partial charge in [0.1, 0.15) is 11.6 Å². The Hall–Kier alpha value is -2.36. The molecule has 0 heterocycles. The number of ether oxygens (including phenoxy) is 1. The van der Waals surface area contributed by atoms with Crippen LogP contribution in [-0.4, -0.2) is 12.5 Å². The van der Waals surface area contributed by atoms with Crippen LogP contribution in [0.4, 0.5) is 10.1 Å². The SMILES string of the molecule is Cc1ccccc1NC(=O)CCOc1ccc(F)cc1. The molecule has 2 aromatic carbocycles. The molecule has 0 aromatic heterocycles. The van der Waals surface area contributed by atoms with Crippen molar-refractivity contribution in [3.05, 3.63) is 59.9 Å². The first-order chi connectivity index (χ1) is 9.65. The summed E-state index contributed by atoms with van der Waals surface area (Å²) in [4.78, 5) is 11.8. The van der Waals surface area contributed by atoms with E-state index in [1.54, 1.807) is 0 Å². The largest absolute Gasteiger partial charge is 0.493 e. The highest BCUT2D eigenvalue weighted by Crippen LogP contribution is 2.14. The highest BCUT2D eigenvalue weighted by molar-refractivity contribution is 5.91. The number of rotatable bonds is 5. The number of carbonyl (C=O) groups excluding carboxylic acids is 1. The van der Waals surface area contributed by atoms with Crippen molar-refractivity contribution in [3.8, 4) is 5.75 Å². The zero-order valence-corrected chi connectivity index (χ0v) is 11.2. The highest BCUT2D eigenvalue weighted by atomic mass is 19.1. The topological polar surface area (TPSA) is 38.3 Å². The molecule has 104 valence electrons. The quantitative estimate of drug-likeness (QED) is 0.904. The molecule has 2 rings (SSSR count). The molecule has 1 N–H and O–H groups in total. The third-order valence-electron chi connectivity index (χ3n) is 2.83. The van der Waals surface area contributed by atoms with E-state index in [1.807, 2.05) is 31.2 Å². The summed E-state index contributed by atoms with van der Waals surface area (Å²) in [5.74, 6) is 0.131. The molecule has 3 nitrogen and oxygen atoms in total. The Labute approximate surface area is 117 Å². The number of aryl methyl sites for hydroxylation is 1. The van der Waals surface area contributed by atoms with E-state index in [0.29, 0.717) is 5.75 Å². The van der Waals surface area contributed by atoms with Crippen LogP contribution in [0.5, 0.6) is 5.75 Å². The number of benzene rings is 2. The van der Waals surface area contributed by atoms with E-state index in [4.69, 9.17) is 4.74 Å². The Balaban J connectivity index is 1.78. The summed E-state index contributed by atoms with van der Waals surface area (Å²) in [6, 6.07) is 13.3. The van der Waals surface area contributed by atoms with Crippen LogP contribution in [0.25, 0.3) is 0 Å². The molecule has 4 heteroatoms. The monoisotopic (exact) mass is 273 g/mol. The molecule has 0 atom stereocenters. The molecule has 0 radical (unpaired) electrons. The summed E-state index contributed by atoms with van der Waals surface area (Å²) < 4.78 is 18.1. The first kappa shape index (κ1) is 14.1. The number of halogens is 1. The average Bonchev–Trinajstić information content (AvgIpc) is 2.44. The Kier molecular flexibility index (Phi) is 4.71. The van der Waals surface area contributed by atoms with Gasteiger partial charge in [-0.2, -0.15) is 0 Å². The molecular weight excluding hydrogens is 257 g/mol. The van der Waals surface area contributed by atoms with E-state index >= 15 is 0 Å². The van der Waals surface area contributed by atoms with Crippen molar-refractivity contribution in [2.45, 2.75) is 13.3 Å². The molecule has 0 spiro atoms. The third kappa shape index (κ3) is 4.09. The lowest BCUT2D eigenvalue weighted by Gasteiger charge is -2.09. The van der Waals surface area contributed by atoms with Crippen LogP contribution in [0, 0.1) is 12.7 Å². The standard InChI is InChI=1S/C16H16FNO2/c1-12-4-2-3-5-15(12)18-16(19)10-11-20-14-8-6-13(17)7-9-14/h2-9H,10-11H2,1H3,(H,18,19). The van der Waals surface area contributed by atoms with Gasteiger partial charge < -0.3 is 10.1 Å². The van der Waals surface area contributed by atoms with Gasteiger partial charge in [-0.05, 0) is 42.8 Å². The van der Waals surface area contributed by atoms with Crippen molar-refractivity contribution in [2.75, 3.05) is 11.9 Å². The van der Waals surface area contributed by atoms with Crippen LogP contribution in [0.1, 0.15) is 12.0 Å². The fourth-order valence-electron chi connectivity index (χ4n) is 1.72. The summed E-state index contributed by atoms with van der Waals surface area (Å²) in [6.07, 6.45) is 0.242. The van der Waals surface area contributed by atoms with Crippen LogP contribution < -0.4 is 10.1 Å². The van der Waals surface area contributed by atoms with E-state index in [0.717, 1.165) is 11.3 Å². The van der Waals surface area contributed by atoms with Gasteiger partial charge in [0.2, 0.25) is 5.91 Å². The van der Waals surface area contributed by atoms with Gasteiger partial charge in [-0.25, -0.2) is 4.39 Å². The normalized spacial score (nSPS) is 10.1. The third-order valence-corrected chi connectivity index (χ3v) is 2.83. The van der Waals surface area contributed by atoms with Gasteiger partial charge in [-0.15, -0.1) is 0 Å². The van der Waals surface area contributed by atoms with E-state index in [1.165, 1.54) is 24.3 Å². The van der Waals surface area contributed by atoms with Crippen molar-refractivity contribution < 1.29 is 13.9 Å². The predicted octanol–water partition coefficient (Wildman–Crippen LogP) is 3.54. The zero-order valence-electron chi connectivity index (χ0n) is 11.2. The van der Waals surface area contributed by atoms with Crippen molar-refractivity contribution in [1.82, 2.24) is 0 Å². The molecule has 0 saturated carbocycles. The van der Waals surface area contributed by atoms with Gasteiger partial charge in [0.05, 0.1) is 13.0 Å². The highest BCUT2D eigenvalue weighted by Gasteiger charge is 2.04. The maximum absolute atomic E-state index is 12.7. The van der Waals surface area contributed by atoms with E-state index in [-0.39, 0.29) is 24.8 Å². The van der Waals surface area contributed by atoms with Gasteiger partial charge in [0.25, 0.3) is 0 Å². The average molecular weight is 273 g/mol. The fourth-order valence-corrected chi connectivity index (χ4v) is 1.72. The molecule has 2 aromatic rings. The summed E-state index contributed by atoms with van der Waals surface area (Å²) >= 11 is 0. The molecule has 0 bridgehead atoms. The summed E-state index contributed by atoms with van der Waals surface area (Å²) in [5, 5.41) is 2.83. The Morgan fingerprint density at radius 2 is 1.85 bits per heavy atom. The first-order valence-electron chi connectivity index (χ1n) is 6.39. The van der Waals surface area contributed by atoms with Gasteiger partial charge in [0, 0.05) is 5.69 Å². The second-order valence-electron chi connectivity index (χ2n) is 4.42. The molecule has 0 fully saturated rings. The molecule has 0 saturated heterocycles. The van der Waals surface area contributed by atoms with Gasteiger partial charge in [-0.1, -0.05) is 18.2 Å². The van der Waals surface area contributed by atoms with Crippen LogP contribution in [0.15, 0.2) is 48.5 Å². The second kappa shape index (κ2) is 6.70. The lowest BCUT2D eigenvalue weighted by atomic mass is 10.2. The summed E-state index contributed by atoms with van der Waals surface area (Å²) in [6.45, 7) is 2.19. The minimum absolute atomic E-state index is 0.110.